The van der Waals surface area contributed by atoms with E-state index in [1.165, 1.54) is 0 Å². The second-order valence-electron chi connectivity index (χ2n) is 8.24. The van der Waals surface area contributed by atoms with Crippen molar-refractivity contribution in [2.24, 2.45) is 5.41 Å². The van der Waals surface area contributed by atoms with Crippen molar-refractivity contribution in [3.05, 3.63) is 35.3 Å². The van der Waals surface area contributed by atoms with Gasteiger partial charge < -0.3 is 10.0 Å². The minimum atomic E-state index is -0.746. The molecule has 1 amide bonds. The summed E-state index contributed by atoms with van der Waals surface area (Å²) in [7, 11) is 1.88. The summed E-state index contributed by atoms with van der Waals surface area (Å²) in [5.74, 6) is -0.732. The average molecular weight is 370 g/mol. The molecule has 7 heteroatoms. The standard InChI is InChI=1S/C20H26N4O3/c1-13-4-7-24-16(10-13)21-14(2)17(24)18(25)23-8-5-20(6-9-23)11-15(19(26)27)22(3)12-20/h4,7,10,15H,5-6,8-9,11-12H2,1-3H3,(H,26,27)/t15-/m1/s1. The molecule has 7 nitrogen and oxygen atoms in total. The number of carboxylic acids is 1. The van der Waals surface area contributed by atoms with Crippen molar-refractivity contribution in [2.45, 2.75) is 39.2 Å². The summed E-state index contributed by atoms with van der Waals surface area (Å²) in [5.41, 5.74) is 3.31. The Labute approximate surface area is 158 Å². The van der Waals surface area contributed by atoms with E-state index < -0.39 is 12.0 Å². The van der Waals surface area contributed by atoms with Crippen LogP contribution in [0.5, 0.6) is 0 Å². The van der Waals surface area contributed by atoms with Crippen LogP contribution in [0.4, 0.5) is 0 Å². The smallest absolute Gasteiger partial charge is 0.320 e. The van der Waals surface area contributed by atoms with Gasteiger partial charge in [-0.05, 0) is 63.3 Å². The number of piperidine rings is 1. The molecule has 0 aliphatic carbocycles. The lowest BCUT2D eigenvalue weighted by molar-refractivity contribution is -0.141. The van der Waals surface area contributed by atoms with Crippen molar-refractivity contribution < 1.29 is 14.7 Å². The molecule has 2 aromatic rings. The highest BCUT2D eigenvalue weighted by Crippen LogP contribution is 2.43. The average Bonchev–Trinajstić information content (AvgIpc) is 3.11. The molecule has 27 heavy (non-hydrogen) atoms. The maximum Gasteiger partial charge on any atom is 0.320 e. The summed E-state index contributed by atoms with van der Waals surface area (Å²) < 4.78 is 1.87. The third-order valence-electron chi connectivity index (χ3n) is 6.30. The first-order valence-electron chi connectivity index (χ1n) is 9.47. The maximum atomic E-state index is 13.2. The fourth-order valence-electron chi connectivity index (χ4n) is 4.76. The normalized spacial score (nSPS) is 22.6. The van der Waals surface area contributed by atoms with Gasteiger partial charge in [0.05, 0.1) is 5.69 Å². The topological polar surface area (TPSA) is 78.1 Å². The summed E-state index contributed by atoms with van der Waals surface area (Å²) in [4.78, 5) is 33.0. The first-order chi connectivity index (χ1) is 12.8. The maximum absolute atomic E-state index is 13.2. The van der Waals surface area contributed by atoms with Gasteiger partial charge in [0.1, 0.15) is 17.4 Å². The van der Waals surface area contributed by atoms with Gasteiger partial charge in [0.2, 0.25) is 0 Å². The van der Waals surface area contributed by atoms with E-state index in [2.05, 4.69) is 4.98 Å². The quantitative estimate of drug-likeness (QED) is 0.874. The number of aryl methyl sites for hydroxylation is 2. The van der Waals surface area contributed by atoms with Crippen LogP contribution in [0.2, 0.25) is 0 Å². The van der Waals surface area contributed by atoms with E-state index in [4.69, 9.17) is 0 Å². The number of aromatic nitrogens is 2. The molecule has 1 N–H and O–H groups in total. The van der Waals surface area contributed by atoms with Crippen molar-refractivity contribution in [1.82, 2.24) is 19.2 Å². The Morgan fingerprint density at radius 2 is 1.96 bits per heavy atom. The van der Waals surface area contributed by atoms with Crippen molar-refractivity contribution in [3.8, 4) is 0 Å². The van der Waals surface area contributed by atoms with Gasteiger partial charge in [-0.3, -0.25) is 18.9 Å². The number of nitrogens with zero attached hydrogens (tertiary/aromatic N) is 4. The molecule has 4 rings (SSSR count). The number of hydrogen-bond acceptors (Lipinski definition) is 4. The van der Waals surface area contributed by atoms with Crippen molar-refractivity contribution in [1.29, 1.82) is 0 Å². The van der Waals surface area contributed by atoms with Gasteiger partial charge in [0.15, 0.2) is 0 Å². The van der Waals surface area contributed by atoms with Crippen LogP contribution >= 0.6 is 0 Å². The van der Waals surface area contributed by atoms with Crippen LogP contribution < -0.4 is 0 Å². The number of hydrogen-bond donors (Lipinski definition) is 1. The number of carbonyl (C=O) groups excluding carboxylic acids is 1. The first-order valence-corrected chi connectivity index (χ1v) is 9.47. The molecule has 144 valence electrons. The fraction of sp³-hybridized carbons (Fsp3) is 0.550. The lowest BCUT2D eigenvalue weighted by Gasteiger charge is -2.39. The van der Waals surface area contributed by atoms with E-state index in [1.54, 1.807) is 0 Å². The Bertz CT molecular complexity index is 911. The molecule has 0 bridgehead atoms. The molecule has 0 radical (unpaired) electrons. The van der Waals surface area contributed by atoms with E-state index in [9.17, 15) is 14.7 Å². The highest BCUT2D eigenvalue weighted by Gasteiger charge is 2.47. The van der Waals surface area contributed by atoms with Crippen LogP contribution in [0, 0.1) is 19.3 Å². The molecule has 4 heterocycles. The number of likely N-dealkylation sites (N-methyl/N-ethyl adjacent to an activating group) is 1. The van der Waals surface area contributed by atoms with E-state index in [0.717, 1.165) is 36.3 Å². The molecule has 2 aliphatic rings. The van der Waals surface area contributed by atoms with Gasteiger partial charge in [-0.15, -0.1) is 0 Å². The Hall–Kier alpha value is -2.41. The zero-order valence-corrected chi connectivity index (χ0v) is 16.1. The molecule has 2 aromatic heterocycles. The Kier molecular flexibility index (Phi) is 4.22. The monoisotopic (exact) mass is 370 g/mol. The zero-order chi connectivity index (χ0) is 19.3. The number of amides is 1. The molecule has 0 unspecified atom stereocenters. The van der Waals surface area contributed by atoms with Gasteiger partial charge in [-0.25, -0.2) is 4.98 Å². The Morgan fingerprint density at radius 1 is 1.26 bits per heavy atom. The second-order valence-corrected chi connectivity index (χ2v) is 8.24. The highest BCUT2D eigenvalue weighted by atomic mass is 16.4. The molecule has 1 spiro atoms. The van der Waals surface area contributed by atoms with E-state index in [0.29, 0.717) is 25.2 Å². The van der Waals surface area contributed by atoms with Crippen molar-refractivity contribution in [2.75, 3.05) is 26.7 Å². The molecule has 2 saturated heterocycles. The van der Waals surface area contributed by atoms with Crippen LogP contribution in [0.3, 0.4) is 0 Å². The molecule has 0 aromatic carbocycles. The molecule has 2 aliphatic heterocycles. The largest absolute Gasteiger partial charge is 0.480 e. The van der Waals surface area contributed by atoms with E-state index in [1.807, 2.05) is 53.4 Å². The third kappa shape index (κ3) is 3.00. The SMILES string of the molecule is Cc1ccn2c(C(=O)N3CCC4(CC3)C[C@H](C(=O)O)N(C)C4)c(C)nc2c1. The number of carbonyl (C=O) groups is 2. The summed E-state index contributed by atoms with van der Waals surface area (Å²) in [6, 6.07) is 3.56. The summed E-state index contributed by atoms with van der Waals surface area (Å²) in [6.45, 7) is 6.01. The zero-order valence-electron chi connectivity index (χ0n) is 16.1. The minimum absolute atomic E-state index is 0.0137. The lowest BCUT2D eigenvalue weighted by atomic mass is 9.76. The van der Waals surface area contributed by atoms with Crippen LogP contribution in [0.25, 0.3) is 5.65 Å². The van der Waals surface area contributed by atoms with Gasteiger partial charge in [-0.1, -0.05) is 0 Å². The van der Waals surface area contributed by atoms with Crippen molar-refractivity contribution in [3.63, 3.8) is 0 Å². The van der Waals surface area contributed by atoms with E-state index >= 15 is 0 Å². The lowest BCUT2D eigenvalue weighted by Crippen LogP contribution is -2.44. The molecular weight excluding hydrogens is 344 g/mol. The number of carboxylic acid groups (broad SMARTS) is 1. The summed E-state index contributed by atoms with van der Waals surface area (Å²) in [5, 5.41) is 9.40. The minimum Gasteiger partial charge on any atom is -0.480 e. The fourth-order valence-corrected chi connectivity index (χ4v) is 4.76. The van der Waals surface area contributed by atoms with Crippen LogP contribution in [-0.2, 0) is 4.79 Å². The van der Waals surface area contributed by atoms with E-state index in [-0.39, 0.29) is 11.3 Å². The van der Waals surface area contributed by atoms with Crippen LogP contribution in [-0.4, -0.2) is 68.9 Å². The summed E-state index contributed by atoms with van der Waals surface area (Å²) >= 11 is 0. The molecule has 2 fully saturated rings. The Balaban J connectivity index is 1.52. The third-order valence-corrected chi connectivity index (χ3v) is 6.30. The molecule has 1 atom stereocenters. The Morgan fingerprint density at radius 3 is 2.59 bits per heavy atom. The van der Waals surface area contributed by atoms with Gasteiger partial charge in [0.25, 0.3) is 5.91 Å². The number of likely N-dealkylation sites (tertiary alicyclic amines) is 2. The highest BCUT2D eigenvalue weighted by molar-refractivity contribution is 5.94. The number of aliphatic carboxylic acids is 1. The molecule has 0 saturated carbocycles. The predicted octanol–water partition coefficient (Wildman–Crippen LogP) is 1.96. The van der Waals surface area contributed by atoms with Crippen molar-refractivity contribution >= 4 is 17.5 Å². The van der Waals surface area contributed by atoms with Crippen LogP contribution in [0.15, 0.2) is 18.3 Å². The predicted molar refractivity (Wildman–Crippen MR) is 101 cm³/mol. The number of pyridine rings is 1. The number of rotatable bonds is 2. The van der Waals surface area contributed by atoms with Gasteiger partial charge in [0, 0.05) is 25.8 Å². The summed E-state index contributed by atoms with van der Waals surface area (Å²) in [6.07, 6.45) is 4.28. The first kappa shape index (κ1) is 18.0. The number of imidazole rings is 1. The van der Waals surface area contributed by atoms with Gasteiger partial charge >= 0.3 is 5.97 Å². The molecular formula is C20H26N4O3. The van der Waals surface area contributed by atoms with Crippen LogP contribution in [0.1, 0.15) is 41.0 Å². The number of fused-ring (bicyclic) bond motifs is 1. The van der Waals surface area contributed by atoms with Gasteiger partial charge in [-0.2, -0.15) is 0 Å². The second kappa shape index (κ2) is 6.34.